The van der Waals surface area contributed by atoms with Crippen LogP contribution in [-0.4, -0.2) is 104 Å². The van der Waals surface area contributed by atoms with Crippen LogP contribution >= 0.6 is 0 Å². The molecule has 0 saturated carbocycles. The van der Waals surface area contributed by atoms with Crippen LogP contribution in [0.15, 0.2) is 0 Å². The summed E-state index contributed by atoms with van der Waals surface area (Å²) in [6.45, 7) is 11.2. The van der Waals surface area contributed by atoms with E-state index in [1.54, 1.807) is 0 Å². The summed E-state index contributed by atoms with van der Waals surface area (Å²) in [5.41, 5.74) is -0.216. The van der Waals surface area contributed by atoms with Crippen molar-refractivity contribution in [1.82, 2.24) is 14.7 Å². The van der Waals surface area contributed by atoms with Crippen molar-refractivity contribution in [3.8, 4) is 0 Å². The molecule has 2 atom stereocenters. The molecule has 182 valence electrons. The van der Waals surface area contributed by atoms with Crippen LogP contribution in [-0.2, 0) is 19.0 Å². The lowest BCUT2D eigenvalue weighted by molar-refractivity contribution is -0.146. The van der Waals surface area contributed by atoms with Crippen molar-refractivity contribution in [1.29, 1.82) is 0 Å². The summed E-state index contributed by atoms with van der Waals surface area (Å²) in [6, 6.07) is 0. The highest BCUT2D eigenvalue weighted by atomic mass is 16.6. The first kappa shape index (κ1) is 23.8. The van der Waals surface area contributed by atoms with Crippen LogP contribution in [0.5, 0.6) is 0 Å². The van der Waals surface area contributed by atoms with Gasteiger partial charge in [0.25, 0.3) is 0 Å². The van der Waals surface area contributed by atoms with Crippen LogP contribution < -0.4 is 0 Å². The number of amides is 2. The normalized spacial score (nSPS) is 30.9. The maximum absolute atomic E-state index is 13.0. The van der Waals surface area contributed by atoms with Crippen LogP contribution in [0.3, 0.4) is 0 Å². The molecule has 8 heteroatoms. The van der Waals surface area contributed by atoms with E-state index in [2.05, 4.69) is 18.7 Å². The predicted molar refractivity (Wildman–Crippen MR) is 120 cm³/mol. The summed E-state index contributed by atoms with van der Waals surface area (Å²) in [4.78, 5) is 30.5. The van der Waals surface area contributed by atoms with Gasteiger partial charge >= 0.3 is 6.09 Å². The second kappa shape index (κ2) is 10.3. The Labute approximate surface area is 192 Å². The SMILES string of the molecule is CCCC[C@H]1CN(C[C@@H]2COCCO2)C(=O)OC12CCN(C1(C)CCN(C=O)CC1)CC2. The van der Waals surface area contributed by atoms with Gasteiger partial charge in [-0.2, -0.15) is 0 Å². The van der Waals surface area contributed by atoms with Crippen molar-refractivity contribution in [2.24, 2.45) is 5.92 Å². The molecular formula is C24H41N3O5. The molecule has 1 spiro atoms. The van der Waals surface area contributed by atoms with Crippen molar-refractivity contribution in [3.05, 3.63) is 0 Å². The van der Waals surface area contributed by atoms with E-state index in [9.17, 15) is 9.59 Å². The summed E-state index contributed by atoms with van der Waals surface area (Å²) in [5.74, 6) is 0.358. The fraction of sp³-hybridized carbons (Fsp3) is 0.917. The van der Waals surface area contributed by atoms with Gasteiger partial charge in [-0.05, 0) is 26.2 Å². The monoisotopic (exact) mass is 451 g/mol. The number of nitrogens with zero attached hydrogens (tertiary/aromatic N) is 3. The van der Waals surface area contributed by atoms with Crippen LogP contribution in [0, 0.1) is 5.92 Å². The second-order valence-corrected chi connectivity index (χ2v) is 10.4. The first-order valence-corrected chi connectivity index (χ1v) is 12.6. The Kier molecular flexibility index (Phi) is 7.62. The molecule has 0 bridgehead atoms. The van der Waals surface area contributed by atoms with Gasteiger partial charge in [-0.25, -0.2) is 4.79 Å². The molecule has 4 fully saturated rings. The first-order chi connectivity index (χ1) is 15.5. The molecule has 0 aromatic heterocycles. The fourth-order valence-electron chi connectivity index (χ4n) is 6.03. The Balaban J connectivity index is 1.39. The van der Waals surface area contributed by atoms with Crippen molar-refractivity contribution < 1.29 is 23.8 Å². The lowest BCUT2D eigenvalue weighted by Crippen LogP contribution is -2.64. The number of unbranched alkanes of at least 4 members (excludes halogenated alkanes) is 1. The summed E-state index contributed by atoms with van der Waals surface area (Å²) >= 11 is 0. The first-order valence-electron chi connectivity index (χ1n) is 12.6. The van der Waals surface area contributed by atoms with Gasteiger partial charge in [-0.3, -0.25) is 9.69 Å². The zero-order valence-corrected chi connectivity index (χ0v) is 19.9. The van der Waals surface area contributed by atoms with Gasteiger partial charge < -0.3 is 24.0 Å². The number of likely N-dealkylation sites (tertiary alicyclic amines) is 2. The van der Waals surface area contributed by atoms with Crippen molar-refractivity contribution in [3.63, 3.8) is 0 Å². The van der Waals surface area contributed by atoms with Gasteiger partial charge in [0, 0.05) is 57.0 Å². The predicted octanol–water partition coefficient (Wildman–Crippen LogP) is 2.51. The molecule has 8 nitrogen and oxygen atoms in total. The molecule has 4 aliphatic rings. The molecule has 4 rings (SSSR count). The van der Waals surface area contributed by atoms with Gasteiger partial charge in [0.05, 0.1) is 32.5 Å². The van der Waals surface area contributed by atoms with Gasteiger partial charge in [0.15, 0.2) is 0 Å². The zero-order chi connectivity index (χ0) is 22.6. The number of carbonyl (C=O) groups is 2. The molecule has 0 aliphatic carbocycles. The highest BCUT2D eigenvalue weighted by molar-refractivity contribution is 5.69. The van der Waals surface area contributed by atoms with Crippen molar-refractivity contribution in [2.75, 3.05) is 59.1 Å². The smallest absolute Gasteiger partial charge is 0.410 e. The Bertz CT molecular complexity index is 638. The quantitative estimate of drug-likeness (QED) is 0.554. The van der Waals surface area contributed by atoms with E-state index in [0.29, 0.717) is 32.3 Å². The third-order valence-electron chi connectivity index (χ3n) is 8.35. The number of carbonyl (C=O) groups excluding carboxylic acids is 2. The molecule has 0 N–H and O–H groups in total. The van der Waals surface area contributed by atoms with Gasteiger partial charge in [-0.15, -0.1) is 0 Å². The molecule has 0 aromatic rings. The molecule has 2 amide bonds. The van der Waals surface area contributed by atoms with Gasteiger partial charge in [0.2, 0.25) is 6.41 Å². The summed E-state index contributed by atoms with van der Waals surface area (Å²) in [5, 5.41) is 0. The maximum atomic E-state index is 13.0. The minimum Gasteiger partial charge on any atom is -0.442 e. The number of rotatable bonds is 7. The van der Waals surface area contributed by atoms with Crippen molar-refractivity contribution >= 4 is 12.5 Å². The minimum atomic E-state index is -0.344. The topological polar surface area (TPSA) is 71.6 Å². The van der Waals surface area contributed by atoms with E-state index in [1.165, 1.54) is 0 Å². The largest absolute Gasteiger partial charge is 0.442 e. The van der Waals surface area contributed by atoms with E-state index in [1.807, 2.05) is 9.80 Å². The van der Waals surface area contributed by atoms with Crippen LogP contribution in [0.2, 0.25) is 0 Å². The second-order valence-electron chi connectivity index (χ2n) is 10.4. The van der Waals surface area contributed by atoms with E-state index in [4.69, 9.17) is 14.2 Å². The number of piperidine rings is 2. The standard InChI is InChI=1S/C24H41N3O5/c1-3-4-5-20-16-26(17-21-18-30-14-15-31-21)22(29)32-24(20)8-12-27(13-9-24)23(2)6-10-25(19-28)11-7-23/h19-21H,3-18H2,1-2H3/t20-,21+/m0/s1. The Hall–Kier alpha value is -1.38. The van der Waals surface area contributed by atoms with Gasteiger partial charge in [-0.1, -0.05) is 19.8 Å². The Morgan fingerprint density at radius 2 is 1.84 bits per heavy atom. The summed E-state index contributed by atoms with van der Waals surface area (Å²) in [7, 11) is 0. The maximum Gasteiger partial charge on any atom is 0.410 e. The molecule has 4 saturated heterocycles. The summed E-state index contributed by atoms with van der Waals surface area (Å²) < 4.78 is 17.6. The molecule has 0 radical (unpaired) electrons. The van der Waals surface area contributed by atoms with E-state index in [0.717, 1.165) is 84.1 Å². The number of hydrogen-bond acceptors (Lipinski definition) is 6. The zero-order valence-electron chi connectivity index (χ0n) is 19.9. The highest BCUT2D eigenvalue weighted by Gasteiger charge is 2.51. The molecular weight excluding hydrogens is 410 g/mol. The fourth-order valence-corrected chi connectivity index (χ4v) is 6.03. The number of ether oxygens (including phenoxy) is 3. The van der Waals surface area contributed by atoms with E-state index >= 15 is 0 Å². The average Bonchev–Trinajstić information content (AvgIpc) is 2.82. The third-order valence-corrected chi connectivity index (χ3v) is 8.35. The lowest BCUT2D eigenvalue weighted by Gasteiger charge is -2.55. The van der Waals surface area contributed by atoms with E-state index in [-0.39, 0.29) is 23.3 Å². The summed E-state index contributed by atoms with van der Waals surface area (Å²) in [6.07, 6.45) is 7.94. The van der Waals surface area contributed by atoms with E-state index < -0.39 is 0 Å². The molecule has 4 heterocycles. The molecule has 0 unspecified atom stereocenters. The van der Waals surface area contributed by atoms with Gasteiger partial charge in [0.1, 0.15) is 5.60 Å². The average molecular weight is 452 g/mol. The molecule has 0 aromatic carbocycles. The van der Waals surface area contributed by atoms with Crippen LogP contribution in [0.4, 0.5) is 4.79 Å². The minimum absolute atomic E-state index is 0.0591. The Morgan fingerprint density at radius 1 is 1.09 bits per heavy atom. The third kappa shape index (κ3) is 5.07. The highest BCUT2D eigenvalue weighted by Crippen LogP contribution is 2.43. The molecule has 32 heavy (non-hydrogen) atoms. The lowest BCUT2D eigenvalue weighted by atomic mass is 9.74. The van der Waals surface area contributed by atoms with Crippen LogP contribution in [0.1, 0.15) is 58.8 Å². The molecule has 4 aliphatic heterocycles. The van der Waals surface area contributed by atoms with Crippen molar-refractivity contribution in [2.45, 2.75) is 76.0 Å². The Morgan fingerprint density at radius 3 is 2.47 bits per heavy atom. The number of hydrogen-bond donors (Lipinski definition) is 0. The van der Waals surface area contributed by atoms with Crippen LogP contribution in [0.25, 0.3) is 0 Å².